The Morgan fingerprint density at radius 3 is 2.65 bits per heavy atom. The van der Waals surface area contributed by atoms with Crippen molar-refractivity contribution >= 4 is 0 Å². The standard InChI is InChI=1S/C14H18N2O4/c1-9(17)4-7-13-15-14(16-20-13)10-5-6-11(18-2)12(8-10)19-3/h5-6,8-9,17H,4,7H2,1-3H3. The molecular weight excluding hydrogens is 260 g/mol. The summed E-state index contributed by atoms with van der Waals surface area (Å²) in [5, 5.41) is 13.2. The molecule has 0 aliphatic rings. The minimum atomic E-state index is -0.383. The molecule has 20 heavy (non-hydrogen) atoms. The number of benzene rings is 1. The van der Waals surface area contributed by atoms with Gasteiger partial charge in [0.25, 0.3) is 0 Å². The molecule has 0 saturated heterocycles. The van der Waals surface area contributed by atoms with Crippen LogP contribution in [-0.2, 0) is 6.42 Å². The Balaban J connectivity index is 2.19. The minimum absolute atomic E-state index is 0.383. The lowest BCUT2D eigenvalue weighted by Gasteiger charge is -2.07. The van der Waals surface area contributed by atoms with Gasteiger partial charge in [0.2, 0.25) is 11.7 Å². The molecule has 0 saturated carbocycles. The van der Waals surface area contributed by atoms with E-state index in [0.717, 1.165) is 5.56 Å². The summed E-state index contributed by atoms with van der Waals surface area (Å²) in [5.74, 6) is 2.26. The van der Waals surface area contributed by atoms with E-state index >= 15 is 0 Å². The molecule has 2 rings (SSSR count). The molecule has 0 radical (unpaired) electrons. The molecule has 0 aliphatic carbocycles. The first kappa shape index (κ1) is 14.3. The van der Waals surface area contributed by atoms with Crippen molar-refractivity contribution in [2.75, 3.05) is 14.2 Å². The lowest BCUT2D eigenvalue weighted by molar-refractivity contribution is 0.180. The second-order valence-corrected chi connectivity index (χ2v) is 4.47. The van der Waals surface area contributed by atoms with Crippen LogP contribution in [0.4, 0.5) is 0 Å². The number of methoxy groups -OCH3 is 2. The summed E-state index contributed by atoms with van der Waals surface area (Å²) >= 11 is 0. The fraction of sp³-hybridized carbons (Fsp3) is 0.429. The van der Waals surface area contributed by atoms with Gasteiger partial charge < -0.3 is 19.1 Å². The van der Waals surface area contributed by atoms with Crippen LogP contribution in [0.25, 0.3) is 11.4 Å². The summed E-state index contributed by atoms with van der Waals surface area (Å²) in [7, 11) is 3.16. The first-order valence-corrected chi connectivity index (χ1v) is 6.37. The van der Waals surface area contributed by atoms with Crippen LogP contribution >= 0.6 is 0 Å². The Kier molecular flexibility index (Phi) is 4.57. The van der Waals surface area contributed by atoms with Crippen molar-refractivity contribution in [2.24, 2.45) is 0 Å². The summed E-state index contributed by atoms with van der Waals surface area (Å²) in [5.41, 5.74) is 0.787. The van der Waals surface area contributed by atoms with E-state index in [1.165, 1.54) is 0 Å². The highest BCUT2D eigenvalue weighted by Crippen LogP contribution is 2.31. The van der Waals surface area contributed by atoms with Gasteiger partial charge in [0.05, 0.1) is 20.3 Å². The first-order chi connectivity index (χ1) is 9.63. The summed E-state index contributed by atoms with van der Waals surface area (Å²) in [6.45, 7) is 1.73. The summed E-state index contributed by atoms with van der Waals surface area (Å²) in [6.07, 6.45) is 0.761. The molecule has 0 fully saturated rings. The van der Waals surface area contributed by atoms with Gasteiger partial charge in [-0.3, -0.25) is 0 Å². The molecular formula is C14H18N2O4. The molecule has 1 unspecified atom stereocenters. The third kappa shape index (κ3) is 3.27. The maximum atomic E-state index is 9.24. The largest absolute Gasteiger partial charge is 0.493 e. The van der Waals surface area contributed by atoms with Crippen LogP contribution in [0.3, 0.4) is 0 Å². The molecule has 6 nitrogen and oxygen atoms in total. The molecule has 1 atom stereocenters. The number of aromatic nitrogens is 2. The number of hydrogen-bond acceptors (Lipinski definition) is 6. The van der Waals surface area contributed by atoms with Crippen molar-refractivity contribution in [3.8, 4) is 22.9 Å². The zero-order valence-electron chi connectivity index (χ0n) is 11.8. The highest BCUT2D eigenvalue weighted by Gasteiger charge is 2.12. The number of nitrogens with zero attached hydrogens (tertiary/aromatic N) is 2. The van der Waals surface area contributed by atoms with Gasteiger partial charge in [-0.1, -0.05) is 5.16 Å². The maximum Gasteiger partial charge on any atom is 0.227 e. The van der Waals surface area contributed by atoms with Crippen LogP contribution in [0.15, 0.2) is 22.7 Å². The molecule has 1 aromatic carbocycles. The van der Waals surface area contributed by atoms with E-state index in [0.29, 0.717) is 36.1 Å². The fourth-order valence-corrected chi connectivity index (χ4v) is 1.78. The first-order valence-electron chi connectivity index (χ1n) is 6.37. The molecule has 1 N–H and O–H groups in total. The van der Waals surface area contributed by atoms with Crippen LogP contribution in [0.2, 0.25) is 0 Å². The number of ether oxygens (including phenoxy) is 2. The molecule has 1 heterocycles. The van der Waals surface area contributed by atoms with Gasteiger partial charge in [0.15, 0.2) is 11.5 Å². The molecule has 0 aliphatic heterocycles. The molecule has 0 spiro atoms. The topological polar surface area (TPSA) is 77.6 Å². The van der Waals surface area contributed by atoms with Gasteiger partial charge in [-0.15, -0.1) is 0 Å². The molecule has 1 aromatic heterocycles. The van der Waals surface area contributed by atoms with E-state index in [4.69, 9.17) is 14.0 Å². The maximum absolute atomic E-state index is 9.24. The summed E-state index contributed by atoms with van der Waals surface area (Å²) in [6, 6.07) is 5.42. The number of aryl methyl sites for hydroxylation is 1. The average molecular weight is 278 g/mol. The molecule has 108 valence electrons. The average Bonchev–Trinajstić information content (AvgIpc) is 2.93. The zero-order valence-corrected chi connectivity index (χ0v) is 11.8. The number of aliphatic hydroxyl groups is 1. The Labute approximate surface area is 117 Å². The van der Waals surface area contributed by atoms with Gasteiger partial charge in [-0.05, 0) is 31.5 Å². The van der Waals surface area contributed by atoms with E-state index in [-0.39, 0.29) is 6.10 Å². The Morgan fingerprint density at radius 2 is 2.00 bits per heavy atom. The summed E-state index contributed by atoms with van der Waals surface area (Å²) < 4.78 is 15.6. The van der Waals surface area contributed by atoms with Crippen molar-refractivity contribution in [2.45, 2.75) is 25.9 Å². The van der Waals surface area contributed by atoms with Gasteiger partial charge in [-0.2, -0.15) is 4.98 Å². The van der Waals surface area contributed by atoms with Gasteiger partial charge >= 0.3 is 0 Å². The van der Waals surface area contributed by atoms with E-state index < -0.39 is 0 Å². The molecule has 0 amide bonds. The predicted octanol–water partition coefficient (Wildman–Crippen LogP) is 2.07. The summed E-state index contributed by atoms with van der Waals surface area (Å²) in [4.78, 5) is 4.30. The molecule has 0 bridgehead atoms. The number of rotatable bonds is 6. The quantitative estimate of drug-likeness (QED) is 0.871. The highest BCUT2D eigenvalue weighted by atomic mass is 16.5. The lowest BCUT2D eigenvalue weighted by atomic mass is 10.2. The Hall–Kier alpha value is -2.08. The predicted molar refractivity (Wildman–Crippen MR) is 72.8 cm³/mol. The van der Waals surface area contributed by atoms with Crippen LogP contribution in [0, 0.1) is 0 Å². The third-order valence-corrected chi connectivity index (χ3v) is 2.89. The second kappa shape index (κ2) is 6.38. The van der Waals surface area contributed by atoms with Gasteiger partial charge in [-0.25, -0.2) is 0 Å². The fourth-order valence-electron chi connectivity index (χ4n) is 1.78. The third-order valence-electron chi connectivity index (χ3n) is 2.89. The van der Waals surface area contributed by atoms with E-state index in [1.54, 1.807) is 33.3 Å². The monoisotopic (exact) mass is 278 g/mol. The van der Waals surface area contributed by atoms with Crippen molar-refractivity contribution < 1.29 is 19.1 Å². The molecule has 2 aromatic rings. The van der Waals surface area contributed by atoms with Gasteiger partial charge in [0.1, 0.15) is 0 Å². The van der Waals surface area contributed by atoms with Crippen LogP contribution in [0.5, 0.6) is 11.5 Å². The number of aliphatic hydroxyl groups excluding tert-OH is 1. The van der Waals surface area contributed by atoms with Crippen molar-refractivity contribution in [1.82, 2.24) is 10.1 Å². The normalized spacial score (nSPS) is 12.2. The highest BCUT2D eigenvalue weighted by molar-refractivity contribution is 5.60. The second-order valence-electron chi connectivity index (χ2n) is 4.47. The Bertz CT molecular complexity index is 566. The van der Waals surface area contributed by atoms with E-state index in [1.807, 2.05) is 6.07 Å². The van der Waals surface area contributed by atoms with E-state index in [2.05, 4.69) is 10.1 Å². The van der Waals surface area contributed by atoms with Crippen LogP contribution in [0.1, 0.15) is 19.2 Å². The SMILES string of the molecule is COc1ccc(-c2noc(CCC(C)O)n2)cc1OC. The lowest BCUT2D eigenvalue weighted by Crippen LogP contribution is -2.01. The molecule has 6 heteroatoms. The van der Waals surface area contributed by atoms with Crippen LogP contribution < -0.4 is 9.47 Å². The van der Waals surface area contributed by atoms with Crippen LogP contribution in [-0.4, -0.2) is 35.6 Å². The minimum Gasteiger partial charge on any atom is -0.493 e. The van der Waals surface area contributed by atoms with E-state index in [9.17, 15) is 5.11 Å². The Morgan fingerprint density at radius 1 is 1.25 bits per heavy atom. The van der Waals surface area contributed by atoms with Gasteiger partial charge in [0, 0.05) is 12.0 Å². The number of hydrogen-bond donors (Lipinski definition) is 1. The van der Waals surface area contributed by atoms with Crippen molar-refractivity contribution in [3.05, 3.63) is 24.1 Å². The smallest absolute Gasteiger partial charge is 0.227 e. The zero-order chi connectivity index (χ0) is 14.5. The van der Waals surface area contributed by atoms with Crippen molar-refractivity contribution in [1.29, 1.82) is 0 Å². The van der Waals surface area contributed by atoms with Crippen molar-refractivity contribution in [3.63, 3.8) is 0 Å².